The van der Waals surface area contributed by atoms with Crippen molar-refractivity contribution in [2.24, 2.45) is 10.7 Å². The summed E-state index contributed by atoms with van der Waals surface area (Å²) in [7, 11) is 1.52. The number of benzene rings is 2. The Hall–Kier alpha value is -2.77. The van der Waals surface area contributed by atoms with E-state index in [1.54, 1.807) is 0 Å². The van der Waals surface area contributed by atoms with Crippen LogP contribution in [0.1, 0.15) is 0 Å². The Labute approximate surface area is 130 Å². The topological polar surface area (TPSA) is 53.6 Å². The normalized spacial score (nSPS) is 11.4. The van der Waals surface area contributed by atoms with Crippen LogP contribution in [0, 0.1) is 23.3 Å². The maximum absolute atomic E-state index is 13.2. The van der Waals surface area contributed by atoms with Gasteiger partial charge in [0.15, 0.2) is 17.6 Å². The zero-order valence-corrected chi connectivity index (χ0v) is 12.2. The Morgan fingerprint density at radius 3 is 2.30 bits per heavy atom. The second kappa shape index (κ2) is 6.99. The molecule has 122 valence electrons. The molecule has 8 heteroatoms. The molecule has 0 aliphatic rings. The van der Waals surface area contributed by atoms with Gasteiger partial charge in [0.2, 0.25) is 0 Å². The number of anilines is 2. The van der Waals surface area contributed by atoms with Crippen molar-refractivity contribution in [2.45, 2.75) is 0 Å². The van der Waals surface area contributed by atoms with E-state index >= 15 is 0 Å². The maximum atomic E-state index is 13.2. The average Bonchev–Trinajstić information content (AvgIpc) is 2.48. The molecule has 0 radical (unpaired) electrons. The molecule has 0 aromatic heterocycles. The first-order valence-corrected chi connectivity index (χ1v) is 6.55. The van der Waals surface area contributed by atoms with E-state index in [1.165, 1.54) is 18.0 Å². The van der Waals surface area contributed by atoms with Gasteiger partial charge in [0, 0.05) is 30.6 Å². The molecule has 2 aromatic carbocycles. The number of guanidine groups is 1. The molecule has 2 aromatic rings. The molecule has 0 spiro atoms. The second-order valence-corrected chi connectivity index (χ2v) is 4.67. The van der Waals surface area contributed by atoms with Crippen molar-refractivity contribution >= 4 is 17.3 Å². The van der Waals surface area contributed by atoms with Crippen molar-refractivity contribution in [2.75, 3.05) is 23.9 Å². The molecule has 3 N–H and O–H groups in total. The summed E-state index contributed by atoms with van der Waals surface area (Å²) < 4.78 is 52.1. The van der Waals surface area contributed by atoms with Crippen LogP contribution in [0.3, 0.4) is 0 Å². The van der Waals surface area contributed by atoms with Crippen LogP contribution < -0.4 is 16.0 Å². The molecule has 0 fully saturated rings. The van der Waals surface area contributed by atoms with Crippen molar-refractivity contribution in [1.82, 2.24) is 0 Å². The van der Waals surface area contributed by atoms with Gasteiger partial charge in [0.1, 0.15) is 18.3 Å². The van der Waals surface area contributed by atoms with Crippen LogP contribution in [0.5, 0.6) is 0 Å². The largest absolute Gasteiger partial charge is 0.369 e. The minimum Gasteiger partial charge on any atom is -0.369 e. The molecule has 0 aliphatic carbocycles. The zero-order chi connectivity index (χ0) is 17.0. The number of halogens is 4. The highest BCUT2D eigenvalue weighted by Gasteiger charge is 2.09. The van der Waals surface area contributed by atoms with E-state index in [0.717, 1.165) is 30.3 Å². The molecule has 0 amide bonds. The standard InChI is InChI=1S/C15H14F4N4/c1-23(12-2-3-13(18)14(19)7-12)15(20)22-8-21-11-5-9(16)4-10(17)6-11/h2-7,21H,8H2,1H3,(H2,20,22). The number of nitrogens with zero attached hydrogens (tertiary/aromatic N) is 2. The van der Waals surface area contributed by atoms with E-state index in [2.05, 4.69) is 10.3 Å². The number of hydrogen-bond acceptors (Lipinski definition) is 2. The van der Waals surface area contributed by atoms with Crippen LogP contribution in [0.15, 0.2) is 41.4 Å². The molecule has 0 aliphatic heterocycles. The molecule has 0 unspecified atom stereocenters. The lowest BCUT2D eigenvalue weighted by molar-refractivity contribution is 0.509. The van der Waals surface area contributed by atoms with Crippen molar-refractivity contribution in [1.29, 1.82) is 0 Å². The lowest BCUT2D eigenvalue weighted by Crippen LogP contribution is -2.34. The Morgan fingerprint density at radius 2 is 1.70 bits per heavy atom. The minimum absolute atomic E-state index is 0.0142. The Balaban J connectivity index is 2.02. The van der Waals surface area contributed by atoms with Crippen molar-refractivity contribution < 1.29 is 17.6 Å². The first-order chi connectivity index (χ1) is 10.9. The number of nitrogens with two attached hydrogens (primary N) is 1. The maximum Gasteiger partial charge on any atom is 0.197 e. The van der Waals surface area contributed by atoms with Crippen LogP contribution in [-0.4, -0.2) is 19.7 Å². The number of hydrogen-bond donors (Lipinski definition) is 2. The Morgan fingerprint density at radius 1 is 1.04 bits per heavy atom. The van der Waals surface area contributed by atoms with Gasteiger partial charge in [-0.1, -0.05) is 0 Å². The highest BCUT2D eigenvalue weighted by molar-refractivity contribution is 5.94. The quantitative estimate of drug-likeness (QED) is 0.516. The Bertz CT molecular complexity index is 713. The fourth-order valence-electron chi connectivity index (χ4n) is 1.80. The summed E-state index contributed by atoms with van der Waals surface area (Å²) in [6.07, 6.45) is 0. The van der Waals surface area contributed by atoms with E-state index in [4.69, 9.17) is 5.73 Å². The van der Waals surface area contributed by atoms with Gasteiger partial charge in [-0.25, -0.2) is 22.6 Å². The number of nitrogens with one attached hydrogen (secondary N) is 1. The summed E-state index contributed by atoms with van der Waals surface area (Å²) in [4.78, 5) is 5.30. The second-order valence-electron chi connectivity index (χ2n) is 4.67. The van der Waals surface area contributed by atoms with Crippen LogP contribution in [0.25, 0.3) is 0 Å². The van der Waals surface area contributed by atoms with Gasteiger partial charge in [-0.3, -0.25) is 0 Å². The van der Waals surface area contributed by atoms with E-state index in [0.29, 0.717) is 5.69 Å². The molecule has 2 rings (SSSR count). The molecule has 0 saturated heterocycles. The highest BCUT2D eigenvalue weighted by Crippen LogP contribution is 2.16. The van der Waals surface area contributed by atoms with Crippen LogP contribution in [0.2, 0.25) is 0 Å². The highest BCUT2D eigenvalue weighted by atomic mass is 19.2. The predicted molar refractivity (Wildman–Crippen MR) is 81.2 cm³/mol. The molecular formula is C15H14F4N4. The van der Waals surface area contributed by atoms with E-state index in [1.807, 2.05) is 0 Å². The summed E-state index contributed by atoms with van der Waals surface area (Å²) in [5, 5.41) is 2.68. The van der Waals surface area contributed by atoms with Crippen molar-refractivity contribution in [3.63, 3.8) is 0 Å². The molecule has 0 saturated carbocycles. The monoisotopic (exact) mass is 326 g/mol. The van der Waals surface area contributed by atoms with Gasteiger partial charge < -0.3 is 16.0 Å². The third-order valence-corrected chi connectivity index (χ3v) is 3.02. The molecule has 0 heterocycles. The lowest BCUT2D eigenvalue weighted by atomic mass is 10.3. The van der Waals surface area contributed by atoms with E-state index in [9.17, 15) is 17.6 Å². The van der Waals surface area contributed by atoms with E-state index in [-0.39, 0.29) is 18.3 Å². The number of rotatable bonds is 4. The van der Waals surface area contributed by atoms with Gasteiger partial charge in [0.25, 0.3) is 0 Å². The predicted octanol–water partition coefficient (Wildman–Crippen LogP) is 3.06. The van der Waals surface area contributed by atoms with Crippen molar-refractivity contribution in [3.05, 3.63) is 59.7 Å². The fourth-order valence-corrected chi connectivity index (χ4v) is 1.80. The minimum atomic E-state index is -1.00. The van der Waals surface area contributed by atoms with Gasteiger partial charge in [0.05, 0.1) is 0 Å². The third kappa shape index (κ3) is 4.35. The zero-order valence-electron chi connectivity index (χ0n) is 12.2. The van der Waals surface area contributed by atoms with Gasteiger partial charge in [-0.15, -0.1) is 0 Å². The van der Waals surface area contributed by atoms with Gasteiger partial charge >= 0.3 is 0 Å². The smallest absolute Gasteiger partial charge is 0.197 e. The summed E-state index contributed by atoms with van der Waals surface area (Å²) >= 11 is 0. The first-order valence-electron chi connectivity index (χ1n) is 6.55. The van der Waals surface area contributed by atoms with Crippen LogP contribution >= 0.6 is 0 Å². The number of aliphatic imine (C=N–C) groups is 1. The molecule has 4 nitrogen and oxygen atoms in total. The SMILES string of the molecule is CN(C(N)=NCNc1cc(F)cc(F)c1)c1ccc(F)c(F)c1. The summed E-state index contributed by atoms with van der Waals surface area (Å²) in [5.74, 6) is -3.39. The Kier molecular flexibility index (Phi) is 5.05. The molecule has 23 heavy (non-hydrogen) atoms. The van der Waals surface area contributed by atoms with Gasteiger partial charge in [-0.2, -0.15) is 0 Å². The van der Waals surface area contributed by atoms with Crippen LogP contribution in [0.4, 0.5) is 28.9 Å². The lowest BCUT2D eigenvalue weighted by Gasteiger charge is -2.18. The first kappa shape index (κ1) is 16.6. The third-order valence-electron chi connectivity index (χ3n) is 3.02. The molecule has 0 bridgehead atoms. The summed E-state index contributed by atoms with van der Waals surface area (Å²) in [6, 6.07) is 6.26. The van der Waals surface area contributed by atoms with Gasteiger partial charge in [-0.05, 0) is 24.3 Å². The summed E-state index contributed by atoms with van der Waals surface area (Å²) in [6.45, 7) is -0.0528. The van der Waals surface area contributed by atoms with Crippen LogP contribution in [-0.2, 0) is 0 Å². The molecular weight excluding hydrogens is 312 g/mol. The molecule has 0 atom stereocenters. The van der Waals surface area contributed by atoms with Crippen molar-refractivity contribution in [3.8, 4) is 0 Å². The average molecular weight is 326 g/mol. The summed E-state index contributed by atoms with van der Waals surface area (Å²) in [5.41, 5.74) is 6.24. The van der Waals surface area contributed by atoms with E-state index < -0.39 is 23.3 Å². The fraction of sp³-hybridized carbons (Fsp3) is 0.133.